The molecule has 0 bridgehead atoms. The molecule has 4 nitrogen and oxygen atoms in total. The van der Waals surface area contributed by atoms with Crippen LogP contribution in [0.2, 0.25) is 0 Å². The van der Waals surface area contributed by atoms with Gasteiger partial charge < -0.3 is 5.32 Å². The van der Waals surface area contributed by atoms with Gasteiger partial charge in [0.2, 0.25) is 0 Å². The fraction of sp³-hybridized carbons (Fsp3) is 0.176. The van der Waals surface area contributed by atoms with Gasteiger partial charge in [-0.15, -0.1) is 6.42 Å². The molecule has 0 spiro atoms. The van der Waals surface area contributed by atoms with Gasteiger partial charge in [-0.1, -0.05) is 18.1 Å². The predicted molar refractivity (Wildman–Crippen MR) is 82.3 cm³/mol. The molecule has 3 rings (SSSR count). The van der Waals surface area contributed by atoms with E-state index in [0.717, 1.165) is 22.5 Å². The van der Waals surface area contributed by atoms with Crippen molar-refractivity contribution in [2.45, 2.75) is 6.92 Å². The SMILES string of the molecule is C#CCN1C(=O)c2cccc3c(NCC)ccc(c23)C1=O. The molecular formula is C17H14N2O2. The van der Waals surface area contributed by atoms with Crippen LogP contribution in [0, 0.1) is 12.3 Å². The van der Waals surface area contributed by atoms with Crippen molar-refractivity contribution in [1.82, 2.24) is 4.90 Å². The smallest absolute Gasteiger partial charge is 0.262 e. The Morgan fingerprint density at radius 1 is 1.14 bits per heavy atom. The fourth-order valence-corrected chi connectivity index (χ4v) is 2.73. The van der Waals surface area contributed by atoms with Gasteiger partial charge in [-0.05, 0) is 25.1 Å². The molecule has 0 fully saturated rings. The molecule has 0 unspecified atom stereocenters. The maximum atomic E-state index is 12.5. The highest BCUT2D eigenvalue weighted by Crippen LogP contribution is 2.34. The van der Waals surface area contributed by atoms with Gasteiger partial charge in [0, 0.05) is 34.1 Å². The predicted octanol–water partition coefficient (Wildman–Crippen LogP) is 2.50. The molecule has 1 N–H and O–H groups in total. The first-order valence-corrected chi connectivity index (χ1v) is 6.78. The summed E-state index contributed by atoms with van der Waals surface area (Å²) in [4.78, 5) is 26.0. The second kappa shape index (κ2) is 4.95. The van der Waals surface area contributed by atoms with Crippen LogP contribution in [0.5, 0.6) is 0 Å². The Bertz CT molecular complexity index is 780. The molecule has 1 aliphatic heterocycles. The van der Waals surface area contributed by atoms with Crippen molar-refractivity contribution in [3.05, 3.63) is 41.5 Å². The minimum atomic E-state index is -0.329. The number of hydrogen-bond donors (Lipinski definition) is 1. The summed E-state index contributed by atoms with van der Waals surface area (Å²) < 4.78 is 0. The van der Waals surface area contributed by atoms with Crippen LogP contribution in [-0.4, -0.2) is 29.8 Å². The summed E-state index contributed by atoms with van der Waals surface area (Å²) in [7, 11) is 0. The molecule has 4 heteroatoms. The second-order valence-electron chi connectivity index (χ2n) is 4.82. The lowest BCUT2D eigenvalue weighted by Gasteiger charge is -2.26. The van der Waals surface area contributed by atoms with E-state index in [1.807, 2.05) is 25.1 Å². The largest absolute Gasteiger partial charge is 0.385 e. The monoisotopic (exact) mass is 278 g/mol. The number of rotatable bonds is 3. The van der Waals surface area contributed by atoms with Crippen LogP contribution in [0.15, 0.2) is 30.3 Å². The van der Waals surface area contributed by atoms with Crippen LogP contribution in [0.25, 0.3) is 10.8 Å². The number of nitrogens with one attached hydrogen (secondary N) is 1. The summed E-state index contributed by atoms with van der Waals surface area (Å²) in [5, 5.41) is 4.84. The molecule has 0 saturated heterocycles. The van der Waals surface area contributed by atoms with E-state index < -0.39 is 0 Å². The molecule has 0 atom stereocenters. The van der Waals surface area contributed by atoms with Crippen LogP contribution in [0.3, 0.4) is 0 Å². The Balaban J connectivity index is 2.31. The van der Waals surface area contributed by atoms with E-state index in [4.69, 9.17) is 6.42 Å². The third-order valence-corrected chi connectivity index (χ3v) is 3.61. The Morgan fingerprint density at radius 3 is 2.52 bits per heavy atom. The lowest BCUT2D eigenvalue weighted by molar-refractivity contribution is 0.0632. The summed E-state index contributed by atoms with van der Waals surface area (Å²) in [6.07, 6.45) is 5.26. The number of benzene rings is 2. The normalized spacial score (nSPS) is 13.4. The van der Waals surface area contributed by atoms with E-state index >= 15 is 0 Å². The molecule has 1 aliphatic rings. The van der Waals surface area contributed by atoms with Gasteiger partial charge in [0.25, 0.3) is 11.8 Å². The van der Waals surface area contributed by atoms with E-state index in [1.165, 1.54) is 0 Å². The van der Waals surface area contributed by atoms with Crippen LogP contribution in [-0.2, 0) is 0 Å². The summed E-state index contributed by atoms with van der Waals surface area (Å²) in [5.74, 6) is 1.71. The maximum absolute atomic E-state index is 12.5. The van der Waals surface area contributed by atoms with Gasteiger partial charge in [-0.3, -0.25) is 14.5 Å². The highest BCUT2D eigenvalue weighted by atomic mass is 16.2. The Labute approximate surface area is 122 Å². The number of terminal acetylenes is 1. The third kappa shape index (κ3) is 1.86. The molecular weight excluding hydrogens is 264 g/mol. The molecule has 104 valence electrons. The zero-order chi connectivity index (χ0) is 15.0. The van der Waals surface area contributed by atoms with Crippen molar-refractivity contribution in [3.63, 3.8) is 0 Å². The fourth-order valence-electron chi connectivity index (χ4n) is 2.73. The summed E-state index contributed by atoms with van der Waals surface area (Å²) >= 11 is 0. The number of nitrogens with zero attached hydrogens (tertiary/aromatic N) is 1. The Hall–Kier alpha value is -2.80. The van der Waals surface area contributed by atoms with Gasteiger partial charge in [0.05, 0.1) is 6.54 Å². The average molecular weight is 278 g/mol. The number of hydrogen-bond acceptors (Lipinski definition) is 3. The molecule has 0 radical (unpaired) electrons. The summed E-state index contributed by atoms with van der Waals surface area (Å²) in [6, 6.07) is 9.09. The van der Waals surface area contributed by atoms with Crippen molar-refractivity contribution in [2.75, 3.05) is 18.4 Å². The lowest BCUT2D eigenvalue weighted by Crippen LogP contribution is -2.40. The van der Waals surface area contributed by atoms with Crippen LogP contribution in [0.4, 0.5) is 5.69 Å². The van der Waals surface area contributed by atoms with Crippen LogP contribution in [0.1, 0.15) is 27.6 Å². The first-order chi connectivity index (χ1) is 10.2. The van der Waals surface area contributed by atoms with E-state index in [2.05, 4.69) is 11.2 Å². The van der Waals surface area contributed by atoms with Gasteiger partial charge in [-0.2, -0.15) is 0 Å². The average Bonchev–Trinajstić information content (AvgIpc) is 2.50. The molecule has 0 aliphatic carbocycles. The molecule has 2 amide bonds. The van der Waals surface area contributed by atoms with E-state index in [-0.39, 0.29) is 18.4 Å². The molecule has 2 aromatic rings. The van der Waals surface area contributed by atoms with Crippen molar-refractivity contribution in [1.29, 1.82) is 0 Å². The van der Waals surface area contributed by atoms with Crippen molar-refractivity contribution in [3.8, 4) is 12.3 Å². The Morgan fingerprint density at radius 2 is 1.86 bits per heavy atom. The molecule has 1 heterocycles. The first kappa shape index (κ1) is 13.2. The topological polar surface area (TPSA) is 49.4 Å². The maximum Gasteiger partial charge on any atom is 0.262 e. The molecule has 21 heavy (non-hydrogen) atoms. The quantitative estimate of drug-likeness (QED) is 0.693. The third-order valence-electron chi connectivity index (χ3n) is 3.61. The molecule has 0 aromatic heterocycles. The Kier molecular flexibility index (Phi) is 3.11. The number of carbonyl (C=O) groups excluding carboxylic acids is 2. The summed E-state index contributed by atoms with van der Waals surface area (Å²) in [5.41, 5.74) is 1.97. The van der Waals surface area contributed by atoms with Crippen LogP contribution >= 0.6 is 0 Å². The van der Waals surface area contributed by atoms with Gasteiger partial charge in [-0.25, -0.2) is 0 Å². The van der Waals surface area contributed by atoms with E-state index in [1.54, 1.807) is 12.1 Å². The summed E-state index contributed by atoms with van der Waals surface area (Å²) in [6.45, 7) is 2.76. The van der Waals surface area contributed by atoms with E-state index in [9.17, 15) is 9.59 Å². The number of anilines is 1. The molecule has 2 aromatic carbocycles. The van der Waals surface area contributed by atoms with Crippen molar-refractivity contribution < 1.29 is 9.59 Å². The first-order valence-electron chi connectivity index (χ1n) is 6.78. The lowest BCUT2D eigenvalue weighted by atomic mass is 9.93. The zero-order valence-corrected chi connectivity index (χ0v) is 11.6. The second-order valence-corrected chi connectivity index (χ2v) is 4.82. The standard InChI is InChI=1S/C17H14N2O2/c1-3-10-19-16(20)12-7-5-6-11-14(18-4-2)9-8-13(15(11)12)17(19)21/h1,5-9,18H,4,10H2,2H3. The highest BCUT2D eigenvalue weighted by molar-refractivity contribution is 6.26. The van der Waals surface area contributed by atoms with Crippen LogP contribution < -0.4 is 5.32 Å². The van der Waals surface area contributed by atoms with Gasteiger partial charge in [0.15, 0.2) is 0 Å². The molecule has 0 saturated carbocycles. The zero-order valence-electron chi connectivity index (χ0n) is 11.6. The van der Waals surface area contributed by atoms with Gasteiger partial charge in [0.1, 0.15) is 0 Å². The number of carbonyl (C=O) groups is 2. The van der Waals surface area contributed by atoms with E-state index in [0.29, 0.717) is 16.5 Å². The van der Waals surface area contributed by atoms with Crippen molar-refractivity contribution in [2.24, 2.45) is 0 Å². The minimum absolute atomic E-state index is 0.0115. The van der Waals surface area contributed by atoms with Gasteiger partial charge >= 0.3 is 0 Å². The minimum Gasteiger partial charge on any atom is -0.385 e. The number of imide groups is 1. The van der Waals surface area contributed by atoms with Crippen molar-refractivity contribution >= 4 is 28.3 Å². The highest BCUT2D eigenvalue weighted by Gasteiger charge is 2.32. The number of amides is 2.